The summed E-state index contributed by atoms with van der Waals surface area (Å²) in [5.41, 5.74) is 0.990. The number of rotatable bonds is 5. The predicted octanol–water partition coefficient (Wildman–Crippen LogP) is 3.09. The van der Waals surface area contributed by atoms with Crippen LogP contribution in [0.1, 0.15) is 18.9 Å². The van der Waals surface area contributed by atoms with E-state index in [2.05, 4.69) is 18.1 Å². The summed E-state index contributed by atoms with van der Waals surface area (Å²) in [6.07, 6.45) is 3.19. The van der Waals surface area contributed by atoms with Gasteiger partial charge in [-0.1, -0.05) is 37.3 Å². The van der Waals surface area contributed by atoms with Gasteiger partial charge >= 0.3 is 0 Å². The third-order valence-corrected chi connectivity index (χ3v) is 3.50. The van der Waals surface area contributed by atoms with Crippen molar-refractivity contribution in [1.29, 1.82) is 5.41 Å². The summed E-state index contributed by atoms with van der Waals surface area (Å²) in [6, 6.07) is 10.4. The molecular formula is C13H20N2S. The molecule has 0 saturated heterocycles. The molecule has 1 rings (SSSR count). The summed E-state index contributed by atoms with van der Waals surface area (Å²) in [5, 5.41) is 8.16. The Morgan fingerprint density at radius 3 is 2.50 bits per heavy atom. The lowest BCUT2D eigenvalue weighted by Crippen LogP contribution is -2.38. The molecule has 1 aromatic carbocycles. The summed E-state index contributed by atoms with van der Waals surface area (Å²) < 4.78 is 0. The predicted molar refractivity (Wildman–Crippen MR) is 73.5 cm³/mol. The van der Waals surface area contributed by atoms with Gasteiger partial charge < -0.3 is 4.90 Å². The Balaban J connectivity index is 2.73. The summed E-state index contributed by atoms with van der Waals surface area (Å²) in [4.78, 5) is 2.08. The molecule has 0 amide bonds. The SMILES string of the molecule is CCC(CSC)N(C)C(=N)c1ccccc1. The topological polar surface area (TPSA) is 27.1 Å². The normalized spacial score (nSPS) is 12.2. The number of hydrogen-bond acceptors (Lipinski definition) is 2. The average molecular weight is 236 g/mol. The van der Waals surface area contributed by atoms with Gasteiger partial charge in [-0.15, -0.1) is 0 Å². The molecule has 0 fully saturated rings. The van der Waals surface area contributed by atoms with Crippen LogP contribution in [0.25, 0.3) is 0 Å². The molecule has 3 heteroatoms. The second-order valence-corrected chi connectivity index (χ2v) is 4.75. The van der Waals surface area contributed by atoms with Crippen LogP contribution in [0.15, 0.2) is 30.3 Å². The van der Waals surface area contributed by atoms with Crippen LogP contribution in [-0.4, -0.2) is 35.8 Å². The van der Waals surface area contributed by atoms with Crippen LogP contribution in [0.3, 0.4) is 0 Å². The second kappa shape index (κ2) is 6.59. The number of benzene rings is 1. The molecule has 2 nitrogen and oxygen atoms in total. The van der Waals surface area contributed by atoms with E-state index in [1.807, 2.05) is 49.1 Å². The maximum absolute atomic E-state index is 8.16. The molecule has 0 heterocycles. The van der Waals surface area contributed by atoms with Crippen molar-refractivity contribution in [2.75, 3.05) is 19.1 Å². The van der Waals surface area contributed by atoms with E-state index >= 15 is 0 Å². The first-order valence-corrected chi connectivity index (χ1v) is 6.95. The Hall–Kier alpha value is -0.960. The van der Waals surface area contributed by atoms with Crippen molar-refractivity contribution in [3.8, 4) is 0 Å². The smallest absolute Gasteiger partial charge is 0.128 e. The van der Waals surface area contributed by atoms with Crippen molar-refractivity contribution >= 4 is 17.6 Å². The van der Waals surface area contributed by atoms with Crippen LogP contribution in [0.4, 0.5) is 0 Å². The first-order valence-electron chi connectivity index (χ1n) is 5.56. The fourth-order valence-corrected chi connectivity index (χ4v) is 2.52. The van der Waals surface area contributed by atoms with Gasteiger partial charge in [-0.2, -0.15) is 11.8 Å². The Labute approximate surface area is 103 Å². The van der Waals surface area contributed by atoms with Crippen LogP contribution in [0.5, 0.6) is 0 Å². The zero-order chi connectivity index (χ0) is 12.0. The molecule has 1 atom stereocenters. The number of amidine groups is 1. The van der Waals surface area contributed by atoms with E-state index < -0.39 is 0 Å². The molecule has 1 aromatic rings. The van der Waals surface area contributed by atoms with Crippen molar-refractivity contribution in [2.45, 2.75) is 19.4 Å². The third kappa shape index (κ3) is 3.27. The van der Waals surface area contributed by atoms with Crippen molar-refractivity contribution in [3.63, 3.8) is 0 Å². The quantitative estimate of drug-likeness (QED) is 0.628. The van der Waals surface area contributed by atoms with E-state index in [9.17, 15) is 0 Å². The first-order chi connectivity index (χ1) is 7.70. The average Bonchev–Trinajstić information content (AvgIpc) is 2.35. The Morgan fingerprint density at radius 2 is 2.00 bits per heavy atom. The van der Waals surface area contributed by atoms with E-state index in [0.717, 1.165) is 17.7 Å². The molecular weight excluding hydrogens is 216 g/mol. The van der Waals surface area contributed by atoms with Gasteiger partial charge in [-0.25, -0.2) is 0 Å². The fourth-order valence-electron chi connectivity index (χ4n) is 1.68. The molecule has 88 valence electrons. The molecule has 0 spiro atoms. The van der Waals surface area contributed by atoms with E-state index in [1.54, 1.807) is 0 Å². The number of thioether (sulfide) groups is 1. The largest absolute Gasteiger partial charge is 0.356 e. The fraction of sp³-hybridized carbons (Fsp3) is 0.462. The van der Waals surface area contributed by atoms with Crippen LogP contribution in [-0.2, 0) is 0 Å². The highest BCUT2D eigenvalue weighted by Crippen LogP contribution is 2.12. The van der Waals surface area contributed by atoms with Gasteiger partial charge in [0.15, 0.2) is 0 Å². The van der Waals surface area contributed by atoms with E-state index in [0.29, 0.717) is 11.9 Å². The van der Waals surface area contributed by atoms with Crippen LogP contribution >= 0.6 is 11.8 Å². The van der Waals surface area contributed by atoms with Gasteiger partial charge in [0.05, 0.1) is 0 Å². The summed E-state index contributed by atoms with van der Waals surface area (Å²) >= 11 is 1.84. The molecule has 1 unspecified atom stereocenters. The van der Waals surface area contributed by atoms with Gasteiger partial charge in [0.25, 0.3) is 0 Å². The minimum Gasteiger partial charge on any atom is -0.356 e. The third-order valence-electron chi connectivity index (χ3n) is 2.78. The number of hydrogen-bond donors (Lipinski definition) is 1. The lowest BCUT2D eigenvalue weighted by molar-refractivity contribution is 0.385. The highest BCUT2D eigenvalue weighted by molar-refractivity contribution is 7.98. The van der Waals surface area contributed by atoms with Gasteiger partial charge in [0.2, 0.25) is 0 Å². The zero-order valence-corrected chi connectivity index (χ0v) is 11.1. The van der Waals surface area contributed by atoms with Crippen molar-refractivity contribution in [2.24, 2.45) is 0 Å². The molecule has 0 aliphatic heterocycles. The Bertz CT molecular complexity index is 324. The minimum absolute atomic E-state index is 0.447. The Kier molecular flexibility index (Phi) is 5.39. The molecule has 0 radical (unpaired) electrons. The lowest BCUT2D eigenvalue weighted by atomic mass is 10.1. The van der Waals surface area contributed by atoms with Crippen molar-refractivity contribution in [3.05, 3.63) is 35.9 Å². The number of nitrogens with zero attached hydrogens (tertiary/aromatic N) is 1. The molecule has 0 aliphatic rings. The van der Waals surface area contributed by atoms with Crippen LogP contribution in [0, 0.1) is 5.41 Å². The summed E-state index contributed by atoms with van der Waals surface area (Å²) in [6.45, 7) is 2.18. The van der Waals surface area contributed by atoms with E-state index in [-0.39, 0.29) is 0 Å². The molecule has 16 heavy (non-hydrogen) atoms. The van der Waals surface area contributed by atoms with Gasteiger partial charge in [0, 0.05) is 24.4 Å². The van der Waals surface area contributed by atoms with Gasteiger partial charge in [0.1, 0.15) is 5.84 Å². The molecule has 0 bridgehead atoms. The maximum atomic E-state index is 8.16. The standard InChI is InChI=1S/C13H20N2S/c1-4-12(10-16-3)15(2)13(14)11-8-6-5-7-9-11/h5-9,12,14H,4,10H2,1-3H3. The zero-order valence-electron chi connectivity index (χ0n) is 10.2. The van der Waals surface area contributed by atoms with Crippen LogP contribution in [0.2, 0.25) is 0 Å². The summed E-state index contributed by atoms with van der Waals surface area (Å²) in [5.74, 6) is 1.68. The summed E-state index contributed by atoms with van der Waals surface area (Å²) in [7, 11) is 2.01. The monoisotopic (exact) mass is 236 g/mol. The number of nitrogens with one attached hydrogen (secondary N) is 1. The van der Waals surface area contributed by atoms with Crippen molar-refractivity contribution < 1.29 is 0 Å². The van der Waals surface area contributed by atoms with E-state index in [4.69, 9.17) is 5.41 Å². The molecule has 0 aromatic heterocycles. The molecule has 0 aliphatic carbocycles. The highest BCUT2D eigenvalue weighted by Gasteiger charge is 2.15. The van der Waals surface area contributed by atoms with Crippen molar-refractivity contribution in [1.82, 2.24) is 4.90 Å². The Morgan fingerprint density at radius 1 is 1.38 bits per heavy atom. The van der Waals surface area contributed by atoms with E-state index in [1.165, 1.54) is 0 Å². The van der Waals surface area contributed by atoms with Gasteiger partial charge in [-0.05, 0) is 12.7 Å². The minimum atomic E-state index is 0.447. The maximum Gasteiger partial charge on any atom is 0.128 e. The molecule has 0 saturated carbocycles. The van der Waals surface area contributed by atoms with Crippen LogP contribution < -0.4 is 0 Å². The lowest BCUT2D eigenvalue weighted by Gasteiger charge is -2.29. The highest BCUT2D eigenvalue weighted by atomic mass is 32.2. The second-order valence-electron chi connectivity index (χ2n) is 3.84. The molecule has 1 N–H and O–H groups in total. The first kappa shape index (κ1) is 13.1. The van der Waals surface area contributed by atoms with Gasteiger partial charge in [-0.3, -0.25) is 5.41 Å².